The van der Waals surface area contributed by atoms with Crippen molar-refractivity contribution in [2.75, 3.05) is 0 Å². The van der Waals surface area contributed by atoms with Crippen LogP contribution in [-0.2, 0) is 4.79 Å². The summed E-state index contributed by atoms with van der Waals surface area (Å²) in [6, 6.07) is 0. The summed E-state index contributed by atoms with van der Waals surface area (Å²) in [6.07, 6.45) is 11.2. The van der Waals surface area contributed by atoms with Crippen molar-refractivity contribution in [3.05, 3.63) is 0 Å². The first kappa shape index (κ1) is 13.1. The molecule has 1 heteroatoms. The Morgan fingerprint density at radius 2 is 2.06 bits per heavy atom. The molecule has 0 aromatic carbocycles. The van der Waals surface area contributed by atoms with Crippen molar-refractivity contribution in [2.24, 2.45) is 23.7 Å². The van der Waals surface area contributed by atoms with Gasteiger partial charge in [-0.3, -0.25) is 4.79 Å². The molecule has 17 heavy (non-hydrogen) atoms. The number of carbonyl (C=O) groups is 1. The second-order valence-corrected chi connectivity index (χ2v) is 6.37. The molecule has 98 valence electrons. The van der Waals surface area contributed by atoms with E-state index in [1.807, 2.05) is 0 Å². The molecule has 4 unspecified atom stereocenters. The van der Waals surface area contributed by atoms with Crippen LogP contribution in [-0.4, -0.2) is 5.78 Å². The van der Waals surface area contributed by atoms with Crippen LogP contribution < -0.4 is 0 Å². The van der Waals surface area contributed by atoms with Gasteiger partial charge in [-0.25, -0.2) is 0 Å². The molecule has 0 N–H and O–H groups in total. The van der Waals surface area contributed by atoms with Gasteiger partial charge in [0.25, 0.3) is 0 Å². The van der Waals surface area contributed by atoms with Crippen molar-refractivity contribution in [2.45, 2.75) is 71.6 Å². The van der Waals surface area contributed by atoms with Crippen LogP contribution in [0.25, 0.3) is 0 Å². The second-order valence-electron chi connectivity index (χ2n) is 6.37. The number of hydrogen-bond acceptors (Lipinski definition) is 1. The number of carbonyl (C=O) groups excluding carboxylic acids is 1. The molecule has 2 fully saturated rings. The molecule has 0 amide bonds. The molecular formula is C16H28O. The topological polar surface area (TPSA) is 17.1 Å². The quantitative estimate of drug-likeness (QED) is 0.631. The van der Waals surface area contributed by atoms with Gasteiger partial charge in [-0.05, 0) is 37.0 Å². The third-order valence-electron chi connectivity index (χ3n) is 5.18. The summed E-state index contributed by atoms with van der Waals surface area (Å²) in [6.45, 7) is 4.48. The van der Waals surface area contributed by atoms with E-state index in [2.05, 4.69) is 13.8 Å². The first-order valence-corrected chi connectivity index (χ1v) is 7.77. The zero-order chi connectivity index (χ0) is 12.3. The smallest absolute Gasteiger partial charge is 0.136 e. The maximum atomic E-state index is 12.4. The van der Waals surface area contributed by atoms with Crippen molar-refractivity contribution < 1.29 is 4.79 Å². The Balaban J connectivity index is 1.79. The predicted molar refractivity (Wildman–Crippen MR) is 71.9 cm³/mol. The van der Waals surface area contributed by atoms with Crippen LogP contribution in [0.3, 0.4) is 0 Å². The standard InChI is InChI=1S/C16H28O/c1-3-5-6-12(4-2)11-16(17)15-10-13-7-8-14(15)9-13/h12-15H,3-11H2,1-2H3. The average Bonchev–Trinajstić information content (AvgIpc) is 2.96. The minimum atomic E-state index is 0.462. The van der Waals surface area contributed by atoms with Crippen LogP contribution in [0.1, 0.15) is 71.6 Å². The van der Waals surface area contributed by atoms with E-state index in [0.717, 1.165) is 18.3 Å². The molecule has 0 aliphatic heterocycles. The highest BCUT2D eigenvalue weighted by Gasteiger charge is 2.42. The molecule has 0 spiro atoms. The highest BCUT2D eigenvalue weighted by atomic mass is 16.1. The number of rotatable bonds is 7. The van der Waals surface area contributed by atoms with Crippen LogP contribution in [0.2, 0.25) is 0 Å². The van der Waals surface area contributed by atoms with E-state index in [1.165, 1.54) is 51.4 Å². The van der Waals surface area contributed by atoms with Crippen molar-refractivity contribution in [3.8, 4) is 0 Å². The fourth-order valence-electron chi connectivity index (χ4n) is 4.02. The van der Waals surface area contributed by atoms with Crippen LogP contribution in [0.5, 0.6) is 0 Å². The fourth-order valence-corrected chi connectivity index (χ4v) is 4.02. The zero-order valence-corrected chi connectivity index (χ0v) is 11.6. The molecule has 0 heterocycles. The lowest BCUT2D eigenvalue weighted by Gasteiger charge is -2.22. The summed E-state index contributed by atoms with van der Waals surface area (Å²) in [7, 11) is 0. The van der Waals surface area contributed by atoms with E-state index in [9.17, 15) is 4.79 Å². The largest absolute Gasteiger partial charge is 0.299 e. The van der Waals surface area contributed by atoms with E-state index < -0.39 is 0 Å². The van der Waals surface area contributed by atoms with Gasteiger partial charge < -0.3 is 0 Å². The first-order valence-electron chi connectivity index (χ1n) is 7.77. The summed E-state index contributed by atoms with van der Waals surface area (Å²) in [5.74, 6) is 3.42. The van der Waals surface area contributed by atoms with Crippen LogP contribution >= 0.6 is 0 Å². The van der Waals surface area contributed by atoms with Crippen LogP contribution in [0.15, 0.2) is 0 Å². The SMILES string of the molecule is CCCCC(CC)CC(=O)C1CC2CCC1C2. The Hall–Kier alpha value is -0.330. The number of ketones is 1. The van der Waals surface area contributed by atoms with Crippen molar-refractivity contribution in [1.82, 2.24) is 0 Å². The number of unbranched alkanes of at least 4 members (excludes halogenated alkanes) is 1. The normalized spacial score (nSPS) is 32.9. The van der Waals surface area contributed by atoms with Crippen LogP contribution in [0.4, 0.5) is 0 Å². The Morgan fingerprint density at radius 1 is 1.24 bits per heavy atom. The molecule has 0 aromatic rings. The highest BCUT2D eigenvalue weighted by molar-refractivity contribution is 5.82. The van der Waals surface area contributed by atoms with Crippen LogP contribution in [0, 0.1) is 23.7 Å². The summed E-state index contributed by atoms with van der Waals surface area (Å²) >= 11 is 0. The number of Topliss-reactive ketones (excluding diaryl/α,β-unsaturated/α-hetero) is 1. The van der Waals surface area contributed by atoms with Gasteiger partial charge in [-0.15, -0.1) is 0 Å². The molecule has 0 saturated heterocycles. The molecule has 2 rings (SSSR count). The molecule has 2 bridgehead atoms. The van der Waals surface area contributed by atoms with Gasteiger partial charge in [0, 0.05) is 12.3 Å². The molecule has 2 aliphatic rings. The highest BCUT2D eigenvalue weighted by Crippen LogP contribution is 2.49. The van der Waals surface area contributed by atoms with Gasteiger partial charge in [0.05, 0.1) is 0 Å². The van der Waals surface area contributed by atoms with Gasteiger partial charge >= 0.3 is 0 Å². The zero-order valence-electron chi connectivity index (χ0n) is 11.6. The molecule has 0 radical (unpaired) electrons. The monoisotopic (exact) mass is 236 g/mol. The number of hydrogen-bond donors (Lipinski definition) is 0. The molecule has 2 saturated carbocycles. The second kappa shape index (κ2) is 6.02. The van der Waals surface area contributed by atoms with E-state index in [-0.39, 0.29) is 0 Å². The Bertz CT molecular complexity index is 258. The Labute approximate surface area is 106 Å². The minimum Gasteiger partial charge on any atom is -0.299 e. The number of fused-ring (bicyclic) bond motifs is 2. The van der Waals surface area contributed by atoms with Gasteiger partial charge in [-0.2, -0.15) is 0 Å². The molecule has 0 aromatic heterocycles. The third-order valence-corrected chi connectivity index (χ3v) is 5.18. The van der Waals surface area contributed by atoms with Gasteiger partial charge in [0.2, 0.25) is 0 Å². The van der Waals surface area contributed by atoms with E-state index in [0.29, 0.717) is 17.6 Å². The molecular weight excluding hydrogens is 208 g/mol. The summed E-state index contributed by atoms with van der Waals surface area (Å²) in [4.78, 5) is 12.4. The minimum absolute atomic E-state index is 0.462. The summed E-state index contributed by atoms with van der Waals surface area (Å²) < 4.78 is 0. The van der Waals surface area contributed by atoms with E-state index in [1.54, 1.807) is 0 Å². The maximum Gasteiger partial charge on any atom is 0.136 e. The molecule has 4 atom stereocenters. The fraction of sp³-hybridized carbons (Fsp3) is 0.938. The van der Waals surface area contributed by atoms with Gasteiger partial charge in [0.1, 0.15) is 5.78 Å². The Morgan fingerprint density at radius 3 is 2.59 bits per heavy atom. The average molecular weight is 236 g/mol. The first-order chi connectivity index (χ1) is 8.24. The lowest BCUT2D eigenvalue weighted by Crippen LogP contribution is -2.23. The summed E-state index contributed by atoms with van der Waals surface area (Å²) in [5.41, 5.74) is 0. The third kappa shape index (κ3) is 3.11. The predicted octanol–water partition coefficient (Wildman–Crippen LogP) is 4.60. The van der Waals surface area contributed by atoms with Gasteiger partial charge in [0.15, 0.2) is 0 Å². The lowest BCUT2D eigenvalue weighted by molar-refractivity contribution is -0.125. The lowest BCUT2D eigenvalue weighted by atomic mass is 9.81. The maximum absolute atomic E-state index is 12.4. The van der Waals surface area contributed by atoms with Gasteiger partial charge in [-0.1, -0.05) is 46.0 Å². The van der Waals surface area contributed by atoms with E-state index >= 15 is 0 Å². The molecule has 1 nitrogen and oxygen atoms in total. The van der Waals surface area contributed by atoms with E-state index in [4.69, 9.17) is 0 Å². The molecule has 2 aliphatic carbocycles. The van der Waals surface area contributed by atoms with Crippen molar-refractivity contribution >= 4 is 5.78 Å². The van der Waals surface area contributed by atoms with Crippen molar-refractivity contribution in [3.63, 3.8) is 0 Å². The Kier molecular flexibility index (Phi) is 4.64. The van der Waals surface area contributed by atoms with Crippen molar-refractivity contribution in [1.29, 1.82) is 0 Å². The summed E-state index contributed by atoms with van der Waals surface area (Å²) in [5, 5.41) is 0.